The van der Waals surface area contributed by atoms with Crippen LogP contribution in [0.3, 0.4) is 0 Å². The molecule has 1 heterocycles. The maximum Gasteiger partial charge on any atom is 0.0152 e. The molecule has 2 saturated carbocycles. The lowest BCUT2D eigenvalue weighted by atomic mass is 10.00. The van der Waals surface area contributed by atoms with Crippen LogP contribution in [0.4, 0.5) is 0 Å². The average Bonchev–Trinajstić information content (AvgIpc) is 2.52. The van der Waals surface area contributed by atoms with Crippen LogP contribution in [-0.4, -0.2) is 21.5 Å². The van der Waals surface area contributed by atoms with Gasteiger partial charge in [0.15, 0.2) is 0 Å². The molecule has 58 valence electrons. The van der Waals surface area contributed by atoms with Crippen LogP contribution in [-0.2, 0) is 0 Å². The fourth-order valence-corrected chi connectivity index (χ4v) is 9.29. The van der Waals surface area contributed by atoms with Crippen molar-refractivity contribution in [1.82, 2.24) is 0 Å². The van der Waals surface area contributed by atoms with Crippen molar-refractivity contribution in [2.75, 3.05) is 6.26 Å². The summed E-state index contributed by atoms with van der Waals surface area (Å²) < 4.78 is 1.02. The van der Waals surface area contributed by atoms with E-state index in [9.17, 15) is 0 Å². The molecule has 0 radical (unpaired) electrons. The first-order valence-electron chi connectivity index (χ1n) is 4.41. The normalized spacial score (nSPS) is 74.8. The summed E-state index contributed by atoms with van der Waals surface area (Å²) >= 11 is 0. The SMILES string of the molecule is CC(C)S1(C)C2C3CCC321. The molecule has 0 nitrogen and oxygen atoms in total. The van der Waals surface area contributed by atoms with E-state index in [0.717, 1.165) is 10.00 Å². The first-order chi connectivity index (χ1) is 4.65. The second kappa shape index (κ2) is 1.20. The molecule has 3 fully saturated rings. The second-order valence-corrected chi connectivity index (χ2v) is 8.92. The predicted octanol–water partition coefficient (Wildman–Crippen LogP) is 2.37. The Hall–Kier alpha value is 0.350. The fourth-order valence-electron chi connectivity index (χ4n) is 3.52. The maximum absolute atomic E-state index is 2.60. The van der Waals surface area contributed by atoms with Crippen molar-refractivity contribution < 1.29 is 0 Å². The molecule has 0 N–H and O–H groups in total. The van der Waals surface area contributed by atoms with Gasteiger partial charge in [-0.1, -0.05) is 13.8 Å². The van der Waals surface area contributed by atoms with Gasteiger partial charge in [0.1, 0.15) is 0 Å². The van der Waals surface area contributed by atoms with Gasteiger partial charge in [-0.15, -0.1) is 0 Å². The highest BCUT2D eigenvalue weighted by Crippen LogP contribution is 3.05. The van der Waals surface area contributed by atoms with Crippen molar-refractivity contribution in [3.05, 3.63) is 0 Å². The van der Waals surface area contributed by atoms with Crippen LogP contribution in [0.25, 0.3) is 0 Å². The zero-order chi connectivity index (χ0) is 7.15. The van der Waals surface area contributed by atoms with Crippen LogP contribution in [0, 0.1) is 5.92 Å². The van der Waals surface area contributed by atoms with E-state index in [0.29, 0.717) is 0 Å². The topological polar surface area (TPSA) is 0 Å². The van der Waals surface area contributed by atoms with Gasteiger partial charge in [-0.05, 0) is 30.3 Å². The molecule has 1 saturated heterocycles. The summed E-state index contributed by atoms with van der Waals surface area (Å²) in [7, 11) is -0.0341. The van der Waals surface area contributed by atoms with Gasteiger partial charge in [0.2, 0.25) is 0 Å². The molecule has 10 heavy (non-hydrogen) atoms. The van der Waals surface area contributed by atoms with Gasteiger partial charge in [0.25, 0.3) is 0 Å². The number of rotatable bonds is 1. The van der Waals surface area contributed by atoms with E-state index in [2.05, 4.69) is 20.1 Å². The zero-order valence-corrected chi connectivity index (χ0v) is 7.87. The minimum atomic E-state index is -0.0341. The molecule has 3 rings (SSSR count). The smallest absolute Gasteiger partial charge is 0.0152 e. The third kappa shape index (κ3) is 0.291. The van der Waals surface area contributed by atoms with Gasteiger partial charge in [0.05, 0.1) is 0 Å². The van der Waals surface area contributed by atoms with Gasteiger partial charge in [0, 0.05) is 10.00 Å². The van der Waals surface area contributed by atoms with Crippen LogP contribution in [0.2, 0.25) is 0 Å². The highest BCUT2D eigenvalue weighted by Gasteiger charge is 2.94. The van der Waals surface area contributed by atoms with Gasteiger partial charge >= 0.3 is 0 Å². The Labute approximate surface area is 64.7 Å². The lowest BCUT2D eigenvalue weighted by Gasteiger charge is -2.42. The molecule has 0 aromatic rings. The van der Waals surface area contributed by atoms with Crippen molar-refractivity contribution in [3.63, 3.8) is 0 Å². The summed E-state index contributed by atoms with van der Waals surface area (Å²) in [6.45, 7) is 4.87. The Morgan fingerprint density at radius 1 is 1.50 bits per heavy atom. The summed E-state index contributed by atoms with van der Waals surface area (Å²) in [5.74, 6) is 1.25. The molecular weight excluding hydrogens is 140 g/mol. The van der Waals surface area contributed by atoms with Gasteiger partial charge in [-0.3, -0.25) is 0 Å². The molecule has 3 aliphatic rings. The third-order valence-electron chi connectivity index (χ3n) is 4.48. The molecule has 4 atom stereocenters. The quantitative estimate of drug-likeness (QED) is 0.511. The Balaban J connectivity index is 1.90. The van der Waals surface area contributed by atoms with E-state index in [1.165, 1.54) is 11.2 Å². The first kappa shape index (κ1) is 5.93. The molecule has 1 spiro atoms. The fraction of sp³-hybridized carbons (Fsp3) is 1.00. The van der Waals surface area contributed by atoms with Crippen LogP contribution in [0.15, 0.2) is 0 Å². The summed E-state index contributed by atoms with van der Waals surface area (Å²) in [5.41, 5.74) is 0. The number of fused-ring (bicyclic) bond motifs is 1. The van der Waals surface area contributed by atoms with Gasteiger partial charge in [-0.2, -0.15) is 0 Å². The minimum Gasteiger partial charge on any atom is -0.230 e. The molecule has 0 aromatic carbocycles. The first-order valence-corrected chi connectivity index (χ1v) is 6.58. The van der Waals surface area contributed by atoms with Gasteiger partial charge < -0.3 is 0 Å². The monoisotopic (exact) mass is 156 g/mol. The molecular formula is C9H16S. The highest BCUT2D eigenvalue weighted by molar-refractivity contribution is 8.43. The highest BCUT2D eigenvalue weighted by atomic mass is 32.3. The standard InChI is InChI=1S/C9H16S/c1-6(2)10(3)8-7-4-5-9(7,8)10/h6-8H,4-5H2,1-3H3. The molecule has 1 aliphatic heterocycles. The molecule has 0 amide bonds. The summed E-state index contributed by atoms with van der Waals surface area (Å²) in [5, 5.41) is 2.29. The molecule has 1 heteroatoms. The van der Waals surface area contributed by atoms with Crippen LogP contribution in [0.5, 0.6) is 0 Å². The lowest BCUT2D eigenvalue weighted by Crippen LogP contribution is -2.26. The number of hydrogen-bond donors (Lipinski definition) is 0. The van der Waals surface area contributed by atoms with Crippen LogP contribution < -0.4 is 0 Å². The van der Waals surface area contributed by atoms with Crippen molar-refractivity contribution in [1.29, 1.82) is 0 Å². The lowest BCUT2D eigenvalue weighted by molar-refractivity contribution is 0.492. The second-order valence-electron chi connectivity index (χ2n) is 4.62. The Morgan fingerprint density at radius 2 is 2.20 bits per heavy atom. The van der Waals surface area contributed by atoms with Crippen molar-refractivity contribution in [2.45, 2.75) is 41.9 Å². The third-order valence-corrected chi connectivity index (χ3v) is 10.4. The Kier molecular flexibility index (Phi) is 0.709. The molecule has 0 aromatic heterocycles. The Morgan fingerprint density at radius 3 is 2.30 bits per heavy atom. The van der Waals surface area contributed by atoms with Crippen molar-refractivity contribution in [2.24, 2.45) is 5.92 Å². The van der Waals surface area contributed by atoms with Crippen LogP contribution >= 0.6 is 10.0 Å². The Bertz CT molecular complexity index is 211. The molecule has 4 unspecified atom stereocenters. The maximum atomic E-state index is 2.60. The minimum absolute atomic E-state index is 0.0341. The van der Waals surface area contributed by atoms with Crippen molar-refractivity contribution in [3.8, 4) is 0 Å². The largest absolute Gasteiger partial charge is 0.230 e. The van der Waals surface area contributed by atoms with E-state index in [1.807, 2.05) is 0 Å². The zero-order valence-electron chi connectivity index (χ0n) is 7.05. The summed E-state index contributed by atoms with van der Waals surface area (Å²) in [6, 6.07) is 0. The van der Waals surface area contributed by atoms with E-state index >= 15 is 0 Å². The van der Waals surface area contributed by atoms with E-state index in [1.54, 1.807) is 12.8 Å². The summed E-state index contributed by atoms with van der Waals surface area (Å²) in [4.78, 5) is 0. The molecule has 2 aliphatic carbocycles. The van der Waals surface area contributed by atoms with E-state index < -0.39 is 0 Å². The summed E-state index contributed by atoms with van der Waals surface area (Å²) in [6.07, 6.45) is 5.78. The van der Waals surface area contributed by atoms with Crippen molar-refractivity contribution >= 4 is 10.0 Å². The predicted molar refractivity (Wildman–Crippen MR) is 47.9 cm³/mol. The van der Waals surface area contributed by atoms with E-state index in [-0.39, 0.29) is 10.0 Å². The van der Waals surface area contributed by atoms with Crippen LogP contribution in [0.1, 0.15) is 26.7 Å². The van der Waals surface area contributed by atoms with Gasteiger partial charge in [-0.25, -0.2) is 10.0 Å². The average molecular weight is 156 g/mol. The van der Waals surface area contributed by atoms with E-state index in [4.69, 9.17) is 0 Å². The molecule has 0 bridgehead atoms. The number of hydrogen-bond acceptors (Lipinski definition) is 0.